The highest BCUT2D eigenvalue weighted by Gasteiger charge is 2.33. The zero-order chi connectivity index (χ0) is 14.1. The summed E-state index contributed by atoms with van der Waals surface area (Å²) in [6.07, 6.45) is 3.11. The molecular formula is C15H15N3O2. The van der Waals surface area contributed by atoms with Gasteiger partial charge in [-0.05, 0) is 24.3 Å². The number of fused-ring (bicyclic) bond motifs is 1. The minimum atomic E-state index is -0.504. The zero-order valence-corrected chi connectivity index (χ0v) is 11.0. The fraction of sp³-hybridized carbons (Fsp3) is 0.267. The molecule has 0 aliphatic carbocycles. The van der Waals surface area contributed by atoms with Crippen LogP contribution in [0.1, 0.15) is 23.3 Å². The fourth-order valence-electron chi connectivity index (χ4n) is 2.65. The normalized spacial score (nSPS) is 18.4. The predicted octanol–water partition coefficient (Wildman–Crippen LogP) is 1.32. The molecule has 1 aromatic carbocycles. The summed E-state index contributed by atoms with van der Waals surface area (Å²) in [6, 6.07) is 8.97. The van der Waals surface area contributed by atoms with Crippen molar-refractivity contribution in [1.29, 1.82) is 0 Å². The Bertz CT molecular complexity index is 684. The first-order valence-electron chi connectivity index (χ1n) is 6.62. The molecule has 1 fully saturated rings. The first-order chi connectivity index (χ1) is 9.66. The summed E-state index contributed by atoms with van der Waals surface area (Å²) in [5.41, 5.74) is 5.70. The second kappa shape index (κ2) is 4.92. The first-order valence-corrected chi connectivity index (χ1v) is 6.62. The SMILES string of the molecule is NC(=O)[C@@H]1CCCN1C(=O)c1cc2ccccc2cn1. The van der Waals surface area contributed by atoms with Crippen LogP contribution in [-0.4, -0.2) is 34.3 Å². The quantitative estimate of drug-likeness (QED) is 0.893. The minimum Gasteiger partial charge on any atom is -0.368 e. The summed E-state index contributed by atoms with van der Waals surface area (Å²) >= 11 is 0. The van der Waals surface area contributed by atoms with E-state index in [0.717, 1.165) is 17.2 Å². The van der Waals surface area contributed by atoms with Crippen molar-refractivity contribution in [2.24, 2.45) is 5.73 Å². The molecule has 1 atom stereocenters. The Hall–Kier alpha value is -2.43. The van der Waals surface area contributed by atoms with Gasteiger partial charge in [0.05, 0.1) is 0 Å². The van der Waals surface area contributed by atoms with Gasteiger partial charge in [-0.1, -0.05) is 24.3 Å². The summed E-state index contributed by atoms with van der Waals surface area (Å²) in [4.78, 5) is 29.6. The van der Waals surface area contributed by atoms with Gasteiger partial charge in [0, 0.05) is 18.1 Å². The molecular weight excluding hydrogens is 254 g/mol. The smallest absolute Gasteiger partial charge is 0.273 e. The highest BCUT2D eigenvalue weighted by Crippen LogP contribution is 2.21. The third-order valence-corrected chi connectivity index (χ3v) is 3.69. The third-order valence-electron chi connectivity index (χ3n) is 3.69. The third kappa shape index (κ3) is 2.11. The molecule has 0 unspecified atom stereocenters. The summed E-state index contributed by atoms with van der Waals surface area (Å²) < 4.78 is 0. The molecule has 3 rings (SSSR count). The van der Waals surface area contributed by atoms with Crippen molar-refractivity contribution in [2.75, 3.05) is 6.54 Å². The number of hydrogen-bond donors (Lipinski definition) is 1. The first kappa shape index (κ1) is 12.6. The summed E-state index contributed by atoms with van der Waals surface area (Å²) in [5.74, 6) is -0.673. The zero-order valence-electron chi connectivity index (χ0n) is 11.0. The van der Waals surface area contributed by atoms with Gasteiger partial charge in [0.1, 0.15) is 11.7 Å². The van der Waals surface area contributed by atoms with Crippen molar-refractivity contribution in [3.63, 3.8) is 0 Å². The van der Waals surface area contributed by atoms with Crippen molar-refractivity contribution in [3.05, 3.63) is 42.2 Å². The maximum absolute atomic E-state index is 12.5. The number of likely N-dealkylation sites (tertiary alicyclic amines) is 1. The minimum absolute atomic E-state index is 0.225. The van der Waals surface area contributed by atoms with Gasteiger partial charge in [0.25, 0.3) is 5.91 Å². The number of rotatable bonds is 2. The van der Waals surface area contributed by atoms with E-state index in [9.17, 15) is 9.59 Å². The highest BCUT2D eigenvalue weighted by atomic mass is 16.2. The molecule has 1 aromatic heterocycles. The number of nitrogens with zero attached hydrogens (tertiary/aromatic N) is 2. The lowest BCUT2D eigenvalue weighted by atomic mass is 10.1. The average Bonchev–Trinajstić information content (AvgIpc) is 2.95. The lowest BCUT2D eigenvalue weighted by Gasteiger charge is -2.21. The van der Waals surface area contributed by atoms with Crippen LogP contribution < -0.4 is 5.73 Å². The molecule has 102 valence electrons. The van der Waals surface area contributed by atoms with Crippen molar-refractivity contribution >= 4 is 22.6 Å². The molecule has 2 heterocycles. The number of amides is 2. The van der Waals surface area contributed by atoms with Gasteiger partial charge in [-0.15, -0.1) is 0 Å². The van der Waals surface area contributed by atoms with Gasteiger partial charge in [0.2, 0.25) is 5.91 Å². The van der Waals surface area contributed by atoms with Crippen LogP contribution in [0.3, 0.4) is 0 Å². The number of pyridine rings is 1. The van der Waals surface area contributed by atoms with E-state index >= 15 is 0 Å². The number of primary amides is 1. The number of aromatic nitrogens is 1. The average molecular weight is 269 g/mol. The molecule has 5 heteroatoms. The Kier molecular flexibility index (Phi) is 3.10. The molecule has 2 aromatic rings. The van der Waals surface area contributed by atoms with E-state index in [-0.39, 0.29) is 5.91 Å². The van der Waals surface area contributed by atoms with Crippen LogP contribution in [0.25, 0.3) is 10.8 Å². The van der Waals surface area contributed by atoms with Crippen molar-refractivity contribution in [2.45, 2.75) is 18.9 Å². The number of hydrogen-bond acceptors (Lipinski definition) is 3. The maximum atomic E-state index is 12.5. The Balaban J connectivity index is 1.94. The Morgan fingerprint density at radius 2 is 2.00 bits per heavy atom. The molecule has 0 saturated carbocycles. The molecule has 20 heavy (non-hydrogen) atoms. The number of benzene rings is 1. The lowest BCUT2D eigenvalue weighted by Crippen LogP contribution is -2.43. The van der Waals surface area contributed by atoms with Crippen LogP contribution >= 0.6 is 0 Å². The Morgan fingerprint density at radius 1 is 1.25 bits per heavy atom. The van der Waals surface area contributed by atoms with E-state index in [1.165, 1.54) is 4.90 Å². The van der Waals surface area contributed by atoms with Gasteiger partial charge >= 0.3 is 0 Å². The summed E-state index contributed by atoms with van der Waals surface area (Å²) in [6.45, 7) is 0.556. The predicted molar refractivity (Wildman–Crippen MR) is 75.0 cm³/mol. The molecule has 0 bridgehead atoms. The highest BCUT2D eigenvalue weighted by molar-refractivity contribution is 5.98. The Labute approximate surface area is 116 Å². The number of carbonyl (C=O) groups excluding carboxylic acids is 2. The maximum Gasteiger partial charge on any atom is 0.273 e. The summed E-state index contributed by atoms with van der Waals surface area (Å²) in [7, 11) is 0. The number of nitrogens with two attached hydrogens (primary N) is 1. The number of carbonyl (C=O) groups is 2. The molecule has 0 spiro atoms. The summed E-state index contributed by atoms with van der Waals surface area (Å²) in [5, 5.41) is 1.94. The topological polar surface area (TPSA) is 76.3 Å². The van der Waals surface area contributed by atoms with E-state index in [2.05, 4.69) is 4.98 Å². The molecule has 1 aliphatic rings. The van der Waals surface area contributed by atoms with E-state index < -0.39 is 11.9 Å². The van der Waals surface area contributed by atoms with Crippen molar-refractivity contribution in [1.82, 2.24) is 9.88 Å². The van der Waals surface area contributed by atoms with Crippen LogP contribution in [0.15, 0.2) is 36.5 Å². The van der Waals surface area contributed by atoms with Crippen LogP contribution in [0.5, 0.6) is 0 Å². The van der Waals surface area contributed by atoms with E-state index in [0.29, 0.717) is 18.7 Å². The monoisotopic (exact) mass is 269 g/mol. The van der Waals surface area contributed by atoms with Crippen LogP contribution in [0, 0.1) is 0 Å². The van der Waals surface area contributed by atoms with Gasteiger partial charge < -0.3 is 10.6 Å². The molecule has 0 radical (unpaired) electrons. The van der Waals surface area contributed by atoms with Crippen LogP contribution in [0.2, 0.25) is 0 Å². The van der Waals surface area contributed by atoms with Gasteiger partial charge in [-0.3, -0.25) is 14.6 Å². The van der Waals surface area contributed by atoms with Gasteiger partial charge in [-0.2, -0.15) is 0 Å². The van der Waals surface area contributed by atoms with E-state index in [1.54, 1.807) is 12.3 Å². The Morgan fingerprint density at radius 3 is 2.75 bits per heavy atom. The molecule has 1 saturated heterocycles. The molecule has 1 aliphatic heterocycles. The van der Waals surface area contributed by atoms with Gasteiger partial charge in [0.15, 0.2) is 0 Å². The second-order valence-corrected chi connectivity index (χ2v) is 4.98. The van der Waals surface area contributed by atoms with Crippen molar-refractivity contribution in [3.8, 4) is 0 Å². The van der Waals surface area contributed by atoms with E-state index in [1.807, 2.05) is 24.3 Å². The largest absolute Gasteiger partial charge is 0.368 e. The standard InChI is InChI=1S/C15H15N3O2/c16-14(19)13-6-3-7-18(13)15(20)12-8-10-4-1-2-5-11(10)9-17-12/h1-2,4-5,8-9,13H,3,6-7H2,(H2,16,19)/t13-/m0/s1. The van der Waals surface area contributed by atoms with Gasteiger partial charge in [-0.25, -0.2) is 0 Å². The molecule has 5 nitrogen and oxygen atoms in total. The van der Waals surface area contributed by atoms with E-state index in [4.69, 9.17) is 5.73 Å². The fourth-order valence-corrected chi connectivity index (χ4v) is 2.65. The molecule has 2 amide bonds. The van der Waals surface area contributed by atoms with Crippen LogP contribution in [0.4, 0.5) is 0 Å². The molecule has 2 N–H and O–H groups in total. The second-order valence-electron chi connectivity index (χ2n) is 4.98. The van der Waals surface area contributed by atoms with Crippen LogP contribution in [-0.2, 0) is 4.79 Å². The van der Waals surface area contributed by atoms with Crippen molar-refractivity contribution < 1.29 is 9.59 Å². The lowest BCUT2D eigenvalue weighted by molar-refractivity contribution is -0.121.